The van der Waals surface area contributed by atoms with Crippen molar-refractivity contribution in [3.63, 3.8) is 0 Å². The Balaban J connectivity index is 1.70. The van der Waals surface area contributed by atoms with Gasteiger partial charge in [0.2, 0.25) is 5.91 Å². The Bertz CT molecular complexity index is 793. The number of nitrogens with zero attached hydrogens (tertiary/aromatic N) is 1. The predicted octanol–water partition coefficient (Wildman–Crippen LogP) is 3.42. The monoisotopic (exact) mass is 350 g/mol. The lowest BCUT2D eigenvalue weighted by atomic mass is 9.86. The average Bonchev–Trinajstić information content (AvgIpc) is 2.62. The smallest absolute Gasteiger partial charge is 0.239 e. The summed E-state index contributed by atoms with van der Waals surface area (Å²) >= 11 is 0. The Morgan fingerprint density at radius 3 is 2.27 bits per heavy atom. The van der Waals surface area contributed by atoms with Crippen LogP contribution in [-0.2, 0) is 4.79 Å². The Kier molecular flexibility index (Phi) is 5.52. The number of hydrogen-bond donors (Lipinski definition) is 1. The summed E-state index contributed by atoms with van der Waals surface area (Å²) in [6.45, 7) is 5.43. The van der Waals surface area contributed by atoms with Crippen LogP contribution in [0.25, 0.3) is 0 Å². The third-order valence-corrected chi connectivity index (χ3v) is 5.30. The number of carbonyl (C=O) groups excluding carboxylic acids is 2. The summed E-state index contributed by atoms with van der Waals surface area (Å²) in [5, 5.41) is 0. The highest BCUT2D eigenvalue weighted by atomic mass is 16.1. The molecule has 1 aliphatic heterocycles. The normalized spacial score (nSPS) is 17.0. The number of primary amides is 1. The van der Waals surface area contributed by atoms with Gasteiger partial charge in [0.25, 0.3) is 0 Å². The van der Waals surface area contributed by atoms with Crippen molar-refractivity contribution in [3.8, 4) is 0 Å². The lowest BCUT2D eigenvalue weighted by Gasteiger charge is -2.36. The fourth-order valence-electron chi connectivity index (χ4n) is 3.92. The minimum Gasteiger partial charge on any atom is -0.368 e. The molecule has 1 unspecified atom stereocenters. The number of Topliss-reactive ketones (excluding diaryl/α,β-unsaturated/α-hetero) is 1. The van der Waals surface area contributed by atoms with Gasteiger partial charge >= 0.3 is 0 Å². The maximum atomic E-state index is 12.9. The summed E-state index contributed by atoms with van der Waals surface area (Å²) in [5.41, 5.74) is 9.62. The van der Waals surface area contributed by atoms with Crippen LogP contribution in [0.5, 0.6) is 0 Å². The molecule has 4 heteroatoms. The second-order valence-corrected chi connectivity index (χ2v) is 7.21. The molecule has 26 heavy (non-hydrogen) atoms. The van der Waals surface area contributed by atoms with Crippen LogP contribution in [0.1, 0.15) is 45.9 Å². The minimum absolute atomic E-state index is 0.0111. The van der Waals surface area contributed by atoms with Crippen molar-refractivity contribution in [3.05, 3.63) is 70.8 Å². The lowest BCUT2D eigenvalue weighted by molar-refractivity contribution is -0.124. The third kappa shape index (κ3) is 3.86. The zero-order valence-electron chi connectivity index (χ0n) is 15.4. The van der Waals surface area contributed by atoms with E-state index in [2.05, 4.69) is 11.0 Å². The molecule has 2 aromatic rings. The fourth-order valence-corrected chi connectivity index (χ4v) is 3.92. The molecular formula is C22H26N2O2. The van der Waals surface area contributed by atoms with Crippen molar-refractivity contribution >= 4 is 11.7 Å². The first-order valence-electron chi connectivity index (χ1n) is 9.17. The van der Waals surface area contributed by atoms with Gasteiger partial charge in [0.1, 0.15) is 6.04 Å². The van der Waals surface area contributed by atoms with Crippen LogP contribution in [0.3, 0.4) is 0 Å². The Hall–Kier alpha value is -2.46. The number of nitrogens with two attached hydrogens (primary N) is 1. The summed E-state index contributed by atoms with van der Waals surface area (Å²) in [6, 6.07) is 15.2. The first kappa shape index (κ1) is 18.3. The summed E-state index contributed by atoms with van der Waals surface area (Å²) < 4.78 is 0. The topological polar surface area (TPSA) is 63.4 Å². The zero-order chi connectivity index (χ0) is 18.7. The average molecular weight is 350 g/mol. The highest BCUT2D eigenvalue weighted by Gasteiger charge is 2.32. The lowest BCUT2D eigenvalue weighted by Crippen LogP contribution is -2.43. The maximum absolute atomic E-state index is 12.9. The van der Waals surface area contributed by atoms with Crippen LogP contribution >= 0.6 is 0 Å². The molecule has 1 fully saturated rings. The quantitative estimate of drug-likeness (QED) is 0.841. The van der Waals surface area contributed by atoms with Gasteiger partial charge in [-0.3, -0.25) is 14.5 Å². The van der Waals surface area contributed by atoms with E-state index in [-0.39, 0.29) is 17.6 Å². The van der Waals surface area contributed by atoms with Gasteiger partial charge in [0.05, 0.1) is 0 Å². The summed E-state index contributed by atoms with van der Waals surface area (Å²) in [5.74, 6) is -0.107. The second-order valence-electron chi connectivity index (χ2n) is 7.21. The summed E-state index contributed by atoms with van der Waals surface area (Å²) in [7, 11) is 0. The molecule has 136 valence electrons. The predicted molar refractivity (Wildman–Crippen MR) is 103 cm³/mol. The molecule has 0 bridgehead atoms. The van der Waals surface area contributed by atoms with Gasteiger partial charge in [0.15, 0.2) is 5.78 Å². The number of amides is 1. The van der Waals surface area contributed by atoms with E-state index in [9.17, 15) is 9.59 Å². The van der Waals surface area contributed by atoms with Gasteiger partial charge in [-0.25, -0.2) is 0 Å². The number of benzene rings is 2. The third-order valence-electron chi connectivity index (χ3n) is 5.30. The van der Waals surface area contributed by atoms with E-state index in [1.807, 2.05) is 56.3 Å². The Labute approximate surface area is 155 Å². The van der Waals surface area contributed by atoms with Crippen molar-refractivity contribution in [2.45, 2.75) is 32.7 Å². The van der Waals surface area contributed by atoms with Gasteiger partial charge in [0, 0.05) is 11.5 Å². The molecule has 0 radical (unpaired) electrons. The van der Waals surface area contributed by atoms with Gasteiger partial charge in [-0.05, 0) is 50.9 Å². The van der Waals surface area contributed by atoms with E-state index in [0.29, 0.717) is 13.1 Å². The molecule has 2 N–H and O–H groups in total. The van der Waals surface area contributed by atoms with Gasteiger partial charge in [-0.1, -0.05) is 54.1 Å². The molecule has 1 saturated heterocycles. The van der Waals surface area contributed by atoms with Gasteiger partial charge in [-0.15, -0.1) is 0 Å². The Morgan fingerprint density at radius 1 is 1.04 bits per heavy atom. The largest absolute Gasteiger partial charge is 0.368 e. The van der Waals surface area contributed by atoms with Crippen LogP contribution in [0.2, 0.25) is 0 Å². The molecule has 2 aromatic carbocycles. The number of ketones is 1. The van der Waals surface area contributed by atoms with Gasteiger partial charge < -0.3 is 5.73 Å². The van der Waals surface area contributed by atoms with E-state index >= 15 is 0 Å². The first-order chi connectivity index (χ1) is 12.5. The molecule has 1 heterocycles. The second kappa shape index (κ2) is 7.83. The summed E-state index contributed by atoms with van der Waals surface area (Å²) in [6.07, 6.45) is 1.51. The standard InChI is InChI=1S/C22H26N2O2/c1-15-8-9-19(16(2)14-15)21(25)18-10-12-24(13-11-18)20(22(23)26)17-6-4-3-5-7-17/h3-9,14,18,20H,10-13H2,1-2H3,(H2,23,26). The summed E-state index contributed by atoms with van der Waals surface area (Å²) in [4.78, 5) is 27.0. The molecule has 3 rings (SSSR count). The van der Waals surface area contributed by atoms with Gasteiger partial charge in [-0.2, -0.15) is 0 Å². The highest BCUT2D eigenvalue weighted by Crippen LogP contribution is 2.29. The number of likely N-dealkylation sites (tertiary alicyclic amines) is 1. The van der Waals surface area contributed by atoms with Crippen molar-refractivity contribution in [2.75, 3.05) is 13.1 Å². The fraction of sp³-hybridized carbons (Fsp3) is 0.364. The van der Waals surface area contributed by atoms with Crippen LogP contribution in [-0.4, -0.2) is 29.7 Å². The van der Waals surface area contributed by atoms with E-state index in [4.69, 9.17) is 5.73 Å². The van der Waals surface area contributed by atoms with Crippen LogP contribution in [0.4, 0.5) is 0 Å². The number of hydrogen-bond acceptors (Lipinski definition) is 3. The Morgan fingerprint density at radius 2 is 1.69 bits per heavy atom. The maximum Gasteiger partial charge on any atom is 0.239 e. The van der Waals surface area contributed by atoms with E-state index in [1.54, 1.807) is 0 Å². The van der Waals surface area contributed by atoms with Crippen molar-refractivity contribution in [2.24, 2.45) is 11.7 Å². The zero-order valence-corrected chi connectivity index (χ0v) is 15.4. The molecule has 0 saturated carbocycles. The number of carbonyl (C=O) groups is 2. The van der Waals surface area contributed by atoms with Crippen LogP contribution in [0, 0.1) is 19.8 Å². The van der Waals surface area contributed by atoms with Crippen molar-refractivity contribution in [1.82, 2.24) is 4.90 Å². The van der Waals surface area contributed by atoms with Crippen LogP contribution < -0.4 is 5.73 Å². The molecule has 0 aromatic heterocycles. The van der Waals surface area contributed by atoms with Crippen molar-refractivity contribution < 1.29 is 9.59 Å². The molecular weight excluding hydrogens is 324 g/mol. The van der Waals surface area contributed by atoms with E-state index < -0.39 is 6.04 Å². The number of rotatable bonds is 5. The van der Waals surface area contributed by atoms with Crippen molar-refractivity contribution in [1.29, 1.82) is 0 Å². The molecule has 0 aliphatic carbocycles. The number of piperidine rings is 1. The SMILES string of the molecule is Cc1ccc(C(=O)C2CCN(C(C(N)=O)c3ccccc3)CC2)c(C)c1. The van der Waals surface area contributed by atoms with E-state index in [1.165, 1.54) is 5.56 Å². The molecule has 1 aliphatic rings. The van der Waals surface area contributed by atoms with Crippen LogP contribution in [0.15, 0.2) is 48.5 Å². The minimum atomic E-state index is -0.423. The molecule has 1 atom stereocenters. The molecule has 0 spiro atoms. The number of aryl methyl sites for hydroxylation is 2. The van der Waals surface area contributed by atoms with E-state index in [0.717, 1.165) is 29.5 Å². The first-order valence-corrected chi connectivity index (χ1v) is 9.17. The molecule has 1 amide bonds. The molecule has 4 nitrogen and oxygen atoms in total. The highest BCUT2D eigenvalue weighted by molar-refractivity contribution is 5.99.